The number of nitrogens with one attached hydrogen (secondary N) is 1. The van der Waals surface area contributed by atoms with Crippen molar-refractivity contribution in [2.24, 2.45) is 5.92 Å². The maximum absolute atomic E-state index is 10.3. The van der Waals surface area contributed by atoms with Gasteiger partial charge in [-0.05, 0) is 50.0 Å². The molecule has 0 aliphatic rings. The van der Waals surface area contributed by atoms with Crippen molar-refractivity contribution in [2.45, 2.75) is 39.2 Å². The molecule has 3 N–H and O–H groups in total. The zero-order valence-corrected chi connectivity index (χ0v) is 11.6. The van der Waals surface area contributed by atoms with E-state index in [4.69, 9.17) is 0 Å². The number of aromatic hydroxyl groups is 1. The van der Waals surface area contributed by atoms with Crippen LogP contribution in [-0.4, -0.2) is 28.9 Å². The number of hydrogen-bond acceptors (Lipinski definition) is 3. The Balaban J connectivity index is 2.39. The van der Waals surface area contributed by atoms with Gasteiger partial charge in [-0.15, -0.1) is 0 Å². The van der Waals surface area contributed by atoms with E-state index < -0.39 is 5.60 Å². The molecule has 1 aromatic carbocycles. The highest BCUT2D eigenvalue weighted by molar-refractivity contribution is 5.28. The van der Waals surface area contributed by atoms with Crippen molar-refractivity contribution in [3.63, 3.8) is 0 Å². The van der Waals surface area contributed by atoms with Crippen LogP contribution < -0.4 is 5.32 Å². The smallest absolute Gasteiger partial charge is 0.115 e. The van der Waals surface area contributed by atoms with E-state index in [0.717, 1.165) is 18.7 Å². The molecular weight excluding hydrogens is 226 g/mol. The van der Waals surface area contributed by atoms with Crippen molar-refractivity contribution >= 4 is 0 Å². The Bertz CT molecular complexity index is 361. The van der Waals surface area contributed by atoms with E-state index in [2.05, 4.69) is 19.2 Å². The first-order valence-electron chi connectivity index (χ1n) is 6.60. The molecule has 0 fully saturated rings. The van der Waals surface area contributed by atoms with Crippen LogP contribution in [-0.2, 0) is 6.42 Å². The number of phenols is 1. The Hall–Kier alpha value is -1.06. The molecule has 1 atom stereocenters. The summed E-state index contributed by atoms with van der Waals surface area (Å²) in [6, 6.07) is 7.08. The van der Waals surface area contributed by atoms with Crippen LogP contribution in [0.3, 0.4) is 0 Å². The summed E-state index contributed by atoms with van der Waals surface area (Å²) in [6.45, 7) is 7.95. The normalized spacial score (nSPS) is 14.7. The number of benzene rings is 1. The summed E-state index contributed by atoms with van der Waals surface area (Å²) in [4.78, 5) is 0. The number of phenolic OH excluding ortho intramolecular Hbond substituents is 1. The highest BCUT2D eigenvalue weighted by Crippen LogP contribution is 2.19. The predicted octanol–water partition coefficient (Wildman–Crippen LogP) is 2.32. The van der Waals surface area contributed by atoms with Crippen LogP contribution in [0.15, 0.2) is 24.3 Å². The standard InChI is InChI=1S/C15H25NO2/c1-12(2)11-16-8-7-15(3,18)10-13-5-4-6-14(17)9-13/h4-6,9,12,16-18H,7-8,10-11H2,1-3H3. The molecule has 1 rings (SSSR count). The fraction of sp³-hybridized carbons (Fsp3) is 0.600. The maximum atomic E-state index is 10.3. The quantitative estimate of drug-likeness (QED) is 0.652. The first-order chi connectivity index (χ1) is 8.39. The first kappa shape index (κ1) is 15.0. The van der Waals surface area contributed by atoms with E-state index in [1.165, 1.54) is 0 Å². The van der Waals surface area contributed by atoms with Crippen molar-refractivity contribution in [3.05, 3.63) is 29.8 Å². The van der Waals surface area contributed by atoms with Gasteiger partial charge in [0.25, 0.3) is 0 Å². The van der Waals surface area contributed by atoms with Crippen molar-refractivity contribution in [1.82, 2.24) is 5.32 Å². The average molecular weight is 251 g/mol. The minimum absolute atomic E-state index is 0.251. The molecule has 1 unspecified atom stereocenters. The first-order valence-corrected chi connectivity index (χ1v) is 6.60. The Kier molecular flexibility index (Phi) is 5.63. The van der Waals surface area contributed by atoms with E-state index in [-0.39, 0.29) is 5.75 Å². The van der Waals surface area contributed by atoms with Crippen molar-refractivity contribution < 1.29 is 10.2 Å². The molecular formula is C15H25NO2. The highest BCUT2D eigenvalue weighted by atomic mass is 16.3. The Morgan fingerprint density at radius 2 is 2.06 bits per heavy atom. The van der Waals surface area contributed by atoms with Crippen molar-refractivity contribution in [3.8, 4) is 5.75 Å². The van der Waals surface area contributed by atoms with Crippen LogP contribution in [0, 0.1) is 5.92 Å². The van der Waals surface area contributed by atoms with Crippen molar-refractivity contribution in [2.75, 3.05) is 13.1 Å². The molecule has 0 aliphatic carbocycles. The van der Waals surface area contributed by atoms with Gasteiger partial charge in [-0.3, -0.25) is 0 Å². The zero-order chi connectivity index (χ0) is 13.6. The van der Waals surface area contributed by atoms with Crippen LogP contribution in [0.25, 0.3) is 0 Å². The summed E-state index contributed by atoms with van der Waals surface area (Å²) in [5, 5.41) is 23.0. The van der Waals surface area contributed by atoms with Crippen LogP contribution in [0.1, 0.15) is 32.8 Å². The van der Waals surface area contributed by atoms with Crippen LogP contribution in [0.4, 0.5) is 0 Å². The van der Waals surface area contributed by atoms with E-state index in [1.54, 1.807) is 18.2 Å². The van der Waals surface area contributed by atoms with Crippen molar-refractivity contribution in [1.29, 1.82) is 0 Å². The summed E-state index contributed by atoms with van der Waals surface area (Å²) < 4.78 is 0. The molecule has 1 aromatic rings. The molecule has 0 heterocycles. The fourth-order valence-electron chi connectivity index (χ4n) is 1.94. The lowest BCUT2D eigenvalue weighted by molar-refractivity contribution is 0.0513. The largest absolute Gasteiger partial charge is 0.508 e. The molecule has 0 spiro atoms. The second-order valence-corrected chi connectivity index (χ2v) is 5.69. The zero-order valence-electron chi connectivity index (χ0n) is 11.6. The van der Waals surface area contributed by atoms with Gasteiger partial charge in [0.15, 0.2) is 0 Å². The summed E-state index contributed by atoms with van der Waals surface area (Å²) in [5.74, 6) is 0.877. The second-order valence-electron chi connectivity index (χ2n) is 5.69. The third-order valence-electron chi connectivity index (χ3n) is 2.89. The van der Waals surface area contributed by atoms with Gasteiger partial charge in [0.05, 0.1) is 5.60 Å². The molecule has 3 heteroatoms. The Morgan fingerprint density at radius 1 is 1.33 bits per heavy atom. The van der Waals surface area contributed by atoms with Gasteiger partial charge in [0.2, 0.25) is 0 Å². The van der Waals surface area contributed by atoms with Gasteiger partial charge in [0.1, 0.15) is 5.75 Å². The fourth-order valence-corrected chi connectivity index (χ4v) is 1.94. The molecule has 0 radical (unpaired) electrons. The Morgan fingerprint density at radius 3 is 2.67 bits per heavy atom. The number of aliphatic hydroxyl groups is 1. The van der Waals surface area contributed by atoms with Gasteiger partial charge in [0, 0.05) is 6.42 Å². The molecule has 0 saturated heterocycles. The molecule has 3 nitrogen and oxygen atoms in total. The molecule has 18 heavy (non-hydrogen) atoms. The predicted molar refractivity (Wildman–Crippen MR) is 74.8 cm³/mol. The lowest BCUT2D eigenvalue weighted by atomic mass is 9.93. The van der Waals surface area contributed by atoms with E-state index in [0.29, 0.717) is 18.8 Å². The molecule has 0 saturated carbocycles. The minimum atomic E-state index is -0.738. The molecule has 0 aliphatic heterocycles. The lowest BCUT2D eigenvalue weighted by Crippen LogP contribution is -2.33. The lowest BCUT2D eigenvalue weighted by Gasteiger charge is -2.24. The van der Waals surface area contributed by atoms with E-state index >= 15 is 0 Å². The molecule has 0 amide bonds. The van der Waals surface area contributed by atoms with Gasteiger partial charge < -0.3 is 15.5 Å². The van der Waals surface area contributed by atoms with Crippen LogP contribution >= 0.6 is 0 Å². The van der Waals surface area contributed by atoms with Gasteiger partial charge in [-0.25, -0.2) is 0 Å². The average Bonchev–Trinajstić information content (AvgIpc) is 2.23. The topological polar surface area (TPSA) is 52.5 Å². The Labute approximate surface area is 110 Å². The highest BCUT2D eigenvalue weighted by Gasteiger charge is 2.20. The summed E-state index contributed by atoms with van der Waals surface area (Å²) in [5.41, 5.74) is 0.224. The van der Waals surface area contributed by atoms with Gasteiger partial charge in [-0.2, -0.15) is 0 Å². The van der Waals surface area contributed by atoms with Crippen LogP contribution in [0.5, 0.6) is 5.75 Å². The SMILES string of the molecule is CC(C)CNCCC(C)(O)Cc1cccc(O)c1. The molecule has 0 bridgehead atoms. The third kappa shape index (κ3) is 6.03. The number of rotatable bonds is 7. The second kappa shape index (κ2) is 6.76. The van der Waals surface area contributed by atoms with E-state index in [9.17, 15) is 10.2 Å². The number of hydrogen-bond donors (Lipinski definition) is 3. The molecule has 102 valence electrons. The van der Waals surface area contributed by atoms with Gasteiger partial charge >= 0.3 is 0 Å². The van der Waals surface area contributed by atoms with E-state index in [1.807, 2.05) is 13.0 Å². The summed E-state index contributed by atoms with van der Waals surface area (Å²) in [6.07, 6.45) is 1.26. The summed E-state index contributed by atoms with van der Waals surface area (Å²) >= 11 is 0. The maximum Gasteiger partial charge on any atom is 0.115 e. The molecule has 0 aromatic heterocycles. The minimum Gasteiger partial charge on any atom is -0.508 e. The summed E-state index contributed by atoms with van der Waals surface area (Å²) in [7, 11) is 0. The van der Waals surface area contributed by atoms with Gasteiger partial charge in [-0.1, -0.05) is 26.0 Å². The monoisotopic (exact) mass is 251 g/mol. The van der Waals surface area contributed by atoms with Crippen LogP contribution in [0.2, 0.25) is 0 Å². The third-order valence-corrected chi connectivity index (χ3v) is 2.89.